The predicted molar refractivity (Wildman–Crippen MR) is 105 cm³/mol. The summed E-state index contributed by atoms with van der Waals surface area (Å²) in [6, 6.07) is 0.102. The van der Waals surface area contributed by atoms with E-state index in [0.29, 0.717) is 24.0 Å². The van der Waals surface area contributed by atoms with E-state index >= 15 is 0 Å². The molecule has 6 atom stereocenters. The zero-order chi connectivity index (χ0) is 16.4. The number of hydrogen-bond donors (Lipinski definition) is 2. The summed E-state index contributed by atoms with van der Waals surface area (Å²) in [7, 11) is 0. The van der Waals surface area contributed by atoms with E-state index in [4.69, 9.17) is 10.5 Å². The van der Waals surface area contributed by atoms with Crippen LogP contribution in [0.5, 0.6) is 0 Å². The molecule has 2 bridgehead atoms. The van der Waals surface area contributed by atoms with Gasteiger partial charge >= 0.3 is 0 Å². The van der Waals surface area contributed by atoms with Crippen molar-refractivity contribution in [3.8, 4) is 0 Å². The van der Waals surface area contributed by atoms with E-state index in [1.807, 2.05) is 0 Å². The van der Waals surface area contributed by atoms with Crippen LogP contribution in [-0.4, -0.2) is 55.2 Å². The number of nitrogens with two attached hydrogens (primary N) is 1. The molecular weight excluding hydrogens is 361 g/mol. The summed E-state index contributed by atoms with van der Waals surface area (Å²) in [4.78, 5) is 14.9. The normalized spacial score (nSPS) is 37.2. The van der Waals surface area contributed by atoms with Crippen LogP contribution in [-0.2, 0) is 9.53 Å². The Morgan fingerprint density at radius 3 is 2.36 bits per heavy atom. The molecule has 0 radical (unpaired) electrons. The van der Waals surface area contributed by atoms with Gasteiger partial charge < -0.3 is 15.8 Å². The summed E-state index contributed by atoms with van der Waals surface area (Å²) in [6.07, 6.45) is 6.43. The minimum Gasteiger partial charge on any atom is -0.373 e. The first-order valence-electron chi connectivity index (χ1n) is 9.45. The molecule has 2 aliphatic carbocycles. The van der Waals surface area contributed by atoms with Gasteiger partial charge in [-0.15, -0.1) is 24.8 Å². The molecule has 3 N–H and O–H groups in total. The second-order valence-corrected chi connectivity index (χ2v) is 7.95. The average molecular weight is 396 g/mol. The number of morpholine rings is 1. The lowest BCUT2D eigenvalue weighted by molar-refractivity contribution is -0.127. The molecule has 1 amide bonds. The quantitative estimate of drug-likeness (QED) is 0.676. The van der Waals surface area contributed by atoms with Gasteiger partial charge in [-0.05, 0) is 64.3 Å². The van der Waals surface area contributed by atoms with Gasteiger partial charge in [0, 0.05) is 25.7 Å². The molecule has 5 nitrogen and oxygen atoms in total. The number of nitrogens with one attached hydrogen (secondary N) is 1. The molecule has 0 aromatic rings. The fourth-order valence-corrected chi connectivity index (χ4v) is 4.98. The molecule has 2 saturated carbocycles. The van der Waals surface area contributed by atoms with Gasteiger partial charge in [0.1, 0.15) is 0 Å². The number of amides is 1. The Labute approximate surface area is 164 Å². The summed E-state index contributed by atoms with van der Waals surface area (Å²) in [5.74, 6) is 1.43. The Bertz CT molecular complexity index is 415. The van der Waals surface area contributed by atoms with Gasteiger partial charge in [-0.3, -0.25) is 9.69 Å². The van der Waals surface area contributed by atoms with E-state index in [2.05, 4.69) is 24.1 Å². The van der Waals surface area contributed by atoms with Gasteiger partial charge in [-0.2, -0.15) is 0 Å². The first-order valence-corrected chi connectivity index (χ1v) is 9.45. The maximum atomic E-state index is 12.4. The lowest BCUT2D eigenvalue weighted by Gasteiger charge is -2.35. The second kappa shape index (κ2) is 10.3. The van der Waals surface area contributed by atoms with Gasteiger partial charge in [0.25, 0.3) is 0 Å². The van der Waals surface area contributed by atoms with Crippen LogP contribution >= 0.6 is 24.8 Å². The highest BCUT2D eigenvalue weighted by Gasteiger charge is 2.48. The van der Waals surface area contributed by atoms with E-state index < -0.39 is 0 Å². The molecule has 1 saturated heterocycles. The molecule has 0 aromatic heterocycles. The van der Waals surface area contributed by atoms with E-state index in [9.17, 15) is 4.79 Å². The van der Waals surface area contributed by atoms with E-state index in [1.165, 1.54) is 19.3 Å². The fraction of sp³-hybridized carbons (Fsp3) is 0.944. The van der Waals surface area contributed by atoms with Gasteiger partial charge in [0.15, 0.2) is 0 Å². The fourth-order valence-electron chi connectivity index (χ4n) is 4.98. The first-order chi connectivity index (χ1) is 11.0. The third-order valence-corrected chi connectivity index (χ3v) is 5.98. The van der Waals surface area contributed by atoms with Crippen molar-refractivity contribution in [3.05, 3.63) is 0 Å². The van der Waals surface area contributed by atoms with Crippen LogP contribution in [0.15, 0.2) is 0 Å². The second-order valence-electron chi connectivity index (χ2n) is 7.95. The molecule has 25 heavy (non-hydrogen) atoms. The number of nitrogens with zero attached hydrogens (tertiary/aromatic N) is 1. The van der Waals surface area contributed by atoms with Gasteiger partial charge in [0.2, 0.25) is 5.91 Å². The average Bonchev–Trinajstić information content (AvgIpc) is 3.06. The van der Waals surface area contributed by atoms with Crippen molar-refractivity contribution in [2.24, 2.45) is 23.5 Å². The van der Waals surface area contributed by atoms with Crippen LogP contribution < -0.4 is 11.1 Å². The monoisotopic (exact) mass is 395 g/mol. The Hall–Kier alpha value is -0.0700. The van der Waals surface area contributed by atoms with Crippen molar-refractivity contribution in [3.63, 3.8) is 0 Å². The van der Waals surface area contributed by atoms with Crippen molar-refractivity contribution in [2.45, 2.75) is 64.2 Å². The number of rotatable bonds is 6. The first kappa shape index (κ1) is 23.0. The van der Waals surface area contributed by atoms with Crippen molar-refractivity contribution in [2.75, 3.05) is 26.2 Å². The smallest absolute Gasteiger partial charge is 0.224 e. The molecule has 0 spiro atoms. The number of ether oxygens (including phenoxy) is 1. The van der Waals surface area contributed by atoms with E-state index in [1.54, 1.807) is 0 Å². The Morgan fingerprint density at radius 1 is 1.12 bits per heavy atom. The maximum Gasteiger partial charge on any atom is 0.224 e. The summed E-state index contributed by atoms with van der Waals surface area (Å²) >= 11 is 0. The molecular formula is C18H35Cl2N3O2. The topological polar surface area (TPSA) is 67.6 Å². The van der Waals surface area contributed by atoms with Gasteiger partial charge in [-0.25, -0.2) is 0 Å². The SMILES string of the molecule is CC1CN(CCCCNC(=O)C2C3CCC(C3)C2N)CC(C)O1.Cl.Cl. The number of halogens is 2. The van der Waals surface area contributed by atoms with Crippen molar-refractivity contribution < 1.29 is 9.53 Å². The molecule has 3 rings (SSSR count). The van der Waals surface area contributed by atoms with E-state index in [0.717, 1.165) is 39.0 Å². The zero-order valence-electron chi connectivity index (χ0n) is 15.5. The number of carbonyl (C=O) groups excluding carboxylic acids is 1. The Kier molecular flexibility index (Phi) is 9.47. The summed E-state index contributed by atoms with van der Waals surface area (Å²) in [5, 5.41) is 3.13. The van der Waals surface area contributed by atoms with Gasteiger partial charge in [-0.1, -0.05) is 0 Å². The number of hydrogen-bond acceptors (Lipinski definition) is 4. The van der Waals surface area contributed by atoms with Crippen LogP contribution in [0.2, 0.25) is 0 Å². The molecule has 1 aliphatic heterocycles. The number of carbonyl (C=O) groups is 1. The molecule has 148 valence electrons. The standard InChI is InChI=1S/C18H33N3O2.2ClH/c1-12-10-21(11-13(2)23-12)8-4-3-7-20-18(22)16-14-5-6-15(9-14)17(16)19;;/h12-17H,3-11,19H2,1-2H3,(H,20,22);2*1H. The summed E-state index contributed by atoms with van der Waals surface area (Å²) < 4.78 is 5.76. The summed E-state index contributed by atoms with van der Waals surface area (Å²) in [6.45, 7) is 8.21. The molecule has 3 aliphatic rings. The highest BCUT2D eigenvalue weighted by Crippen LogP contribution is 2.47. The van der Waals surface area contributed by atoms with Gasteiger partial charge in [0.05, 0.1) is 18.1 Å². The maximum absolute atomic E-state index is 12.4. The molecule has 6 unspecified atom stereocenters. The minimum absolute atomic E-state index is 0. The van der Waals surface area contributed by atoms with Crippen molar-refractivity contribution in [1.82, 2.24) is 10.2 Å². The lowest BCUT2D eigenvalue weighted by atomic mass is 9.84. The molecule has 7 heteroatoms. The lowest BCUT2D eigenvalue weighted by Crippen LogP contribution is -2.46. The largest absolute Gasteiger partial charge is 0.373 e. The Balaban J connectivity index is 0.00000156. The molecule has 1 heterocycles. The van der Waals surface area contributed by atoms with E-state index in [-0.39, 0.29) is 42.7 Å². The minimum atomic E-state index is 0. The van der Waals surface area contributed by atoms with Crippen LogP contribution in [0.25, 0.3) is 0 Å². The predicted octanol–water partition coefficient (Wildman–Crippen LogP) is 2.21. The third-order valence-electron chi connectivity index (χ3n) is 5.98. The molecule has 0 aromatic carbocycles. The molecule has 3 fully saturated rings. The highest BCUT2D eigenvalue weighted by molar-refractivity contribution is 5.85. The third kappa shape index (κ3) is 5.70. The van der Waals surface area contributed by atoms with Crippen molar-refractivity contribution >= 4 is 30.7 Å². The number of unbranched alkanes of at least 4 members (excludes halogenated alkanes) is 1. The van der Waals surface area contributed by atoms with Crippen LogP contribution in [0.1, 0.15) is 46.0 Å². The van der Waals surface area contributed by atoms with Crippen molar-refractivity contribution in [1.29, 1.82) is 0 Å². The van der Waals surface area contributed by atoms with Crippen LogP contribution in [0.4, 0.5) is 0 Å². The number of fused-ring (bicyclic) bond motifs is 2. The zero-order valence-corrected chi connectivity index (χ0v) is 17.1. The summed E-state index contributed by atoms with van der Waals surface area (Å²) in [5.41, 5.74) is 6.24. The van der Waals surface area contributed by atoms with Crippen LogP contribution in [0, 0.1) is 17.8 Å². The highest BCUT2D eigenvalue weighted by atomic mass is 35.5. The Morgan fingerprint density at radius 2 is 1.76 bits per heavy atom. The van der Waals surface area contributed by atoms with Crippen LogP contribution in [0.3, 0.4) is 0 Å².